The van der Waals surface area contributed by atoms with Crippen LogP contribution in [-0.2, 0) is 0 Å². The smallest absolute Gasteiger partial charge is 0.191 e. The quantitative estimate of drug-likeness (QED) is 0.571. The van der Waals surface area contributed by atoms with Crippen molar-refractivity contribution in [2.75, 3.05) is 13.1 Å². The van der Waals surface area contributed by atoms with Crippen LogP contribution in [0.4, 0.5) is 0 Å². The number of guanidine groups is 1. The van der Waals surface area contributed by atoms with Crippen molar-refractivity contribution >= 4 is 5.96 Å². The summed E-state index contributed by atoms with van der Waals surface area (Å²) in [5, 5.41) is 16.2. The van der Waals surface area contributed by atoms with Crippen molar-refractivity contribution in [1.29, 1.82) is 0 Å². The molecule has 0 saturated carbocycles. The number of aliphatic imine (C=N–C) groups is 1. The van der Waals surface area contributed by atoms with E-state index in [0.717, 1.165) is 19.0 Å². The predicted molar refractivity (Wildman–Crippen MR) is 53.8 cm³/mol. The van der Waals surface area contributed by atoms with Crippen LogP contribution in [-0.4, -0.2) is 35.3 Å². The maximum absolute atomic E-state index is 9.86. The van der Waals surface area contributed by atoms with Crippen LogP contribution in [0.1, 0.15) is 27.7 Å². The minimum absolute atomic E-state index is 0.386. The molecular weight excluding hydrogens is 166 g/mol. The molecule has 1 aliphatic rings. The molecule has 0 atom stereocenters. The Morgan fingerprint density at radius 1 is 1.38 bits per heavy atom. The van der Waals surface area contributed by atoms with Crippen molar-refractivity contribution in [1.82, 2.24) is 10.6 Å². The van der Waals surface area contributed by atoms with Gasteiger partial charge in [-0.3, -0.25) is 4.99 Å². The SMILES string of the molecule is CC(C)(O)C(C)(C)NC1=NCCN1. The van der Waals surface area contributed by atoms with E-state index in [2.05, 4.69) is 15.6 Å². The van der Waals surface area contributed by atoms with Crippen molar-refractivity contribution in [2.45, 2.75) is 38.8 Å². The molecule has 0 aromatic carbocycles. The fourth-order valence-electron chi connectivity index (χ4n) is 0.931. The third-order valence-corrected chi connectivity index (χ3v) is 2.63. The third-order valence-electron chi connectivity index (χ3n) is 2.63. The highest BCUT2D eigenvalue weighted by molar-refractivity contribution is 5.82. The predicted octanol–water partition coefficient (Wildman–Crippen LogP) is 0.0847. The second kappa shape index (κ2) is 3.18. The van der Waals surface area contributed by atoms with Crippen molar-refractivity contribution in [2.24, 2.45) is 4.99 Å². The Morgan fingerprint density at radius 3 is 2.38 bits per heavy atom. The van der Waals surface area contributed by atoms with Crippen LogP contribution >= 0.6 is 0 Å². The molecule has 0 unspecified atom stereocenters. The van der Waals surface area contributed by atoms with Crippen LogP contribution in [0.15, 0.2) is 4.99 Å². The van der Waals surface area contributed by atoms with E-state index in [4.69, 9.17) is 0 Å². The average Bonchev–Trinajstić information content (AvgIpc) is 2.35. The van der Waals surface area contributed by atoms with Gasteiger partial charge in [-0.05, 0) is 27.7 Å². The summed E-state index contributed by atoms with van der Waals surface area (Å²) < 4.78 is 0. The van der Waals surface area contributed by atoms with Gasteiger partial charge in [-0.2, -0.15) is 0 Å². The van der Waals surface area contributed by atoms with Crippen molar-refractivity contribution < 1.29 is 5.11 Å². The zero-order valence-electron chi connectivity index (χ0n) is 8.81. The summed E-state index contributed by atoms with van der Waals surface area (Å²) in [6.07, 6.45) is 0. The first-order valence-corrected chi connectivity index (χ1v) is 4.62. The van der Waals surface area contributed by atoms with Crippen molar-refractivity contribution in [3.63, 3.8) is 0 Å². The van der Waals surface area contributed by atoms with Gasteiger partial charge in [-0.15, -0.1) is 0 Å². The molecule has 0 spiro atoms. The molecule has 0 fully saturated rings. The van der Waals surface area contributed by atoms with E-state index in [9.17, 15) is 5.11 Å². The van der Waals surface area contributed by atoms with E-state index in [1.165, 1.54) is 0 Å². The first-order valence-electron chi connectivity index (χ1n) is 4.62. The van der Waals surface area contributed by atoms with Gasteiger partial charge < -0.3 is 15.7 Å². The van der Waals surface area contributed by atoms with E-state index in [-0.39, 0.29) is 5.54 Å². The summed E-state index contributed by atoms with van der Waals surface area (Å²) in [5.41, 5.74) is -1.16. The lowest BCUT2D eigenvalue weighted by Gasteiger charge is -2.38. The fourth-order valence-corrected chi connectivity index (χ4v) is 0.931. The molecule has 0 aromatic heterocycles. The third kappa shape index (κ3) is 2.34. The topological polar surface area (TPSA) is 56.6 Å². The summed E-state index contributed by atoms with van der Waals surface area (Å²) in [6, 6.07) is 0. The molecule has 4 heteroatoms. The average molecular weight is 185 g/mol. The van der Waals surface area contributed by atoms with Crippen molar-refractivity contribution in [3.8, 4) is 0 Å². The van der Waals surface area contributed by atoms with Crippen LogP contribution in [0.2, 0.25) is 0 Å². The van der Waals surface area contributed by atoms with E-state index in [1.807, 2.05) is 13.8 Å². The minimum Gasteiger partial charge on any atom is -0.388 e. The molecule has 76 valence electrons. The minimum atomic E-state index is -0.778. The Labute approximate surface area is 79.4 Å². The molecule has 3 N–H and O–H groups in total. The van der Waals surface area contributed by atoms with E-state index in [0.29, 0.717) is 0 Å². The molecule has 0 bridgehead atoms. The van der Waals surface area contributed by atoms with Gasteiger partial charge in [0, 0.05) is 6.54 Å². The molecule has 0 saturated heterocycles. The lowest BCUT2D eigenvalue weighted by Crippen LogP contribution is -2.59. The molecule has 0 radical (unpaired) electrons. The molecule has 13 heavy (non-hydrogen) atoms. The van der Waals surface area contributed by atoms with Gasteiger partial charge in [0.15, 0.2) is 5.96 Å². The van der Waals surface area contributed by atoms with Crippen LogP contribution in [0, 0.1) is 0 Å². The number of hydrogen-bond acceptors (Lipinski definition) is 4. The maximum Gasteiger partial charge on any atom is 0.191 e. The van der Waals surface area contributed by atoms with E-state index in [1.54, 1.807) is 13.8 Å². The van der Waals surface area contributed by atoms with E-state index < -0.39 is 5.60 Å². The number of aliphatic hydroxyl groups is 1. The zero-order chi connectivity index (χ0) is 10.1. The number of hydrogen-bond donors (Lipinski definition) is 3. The Hall–Kier alpha value is -0.770. The summed E-state index contributed by atoms with van der Waals surface area (Å²) in [7, 11) is 0. The first kappa shape index (κ1) is 10.3. The van der Waals surface area contributed by atoms with Crippen LogP contribution in [0.5, 0.6) is 0 Å². The monoisotopic (exact) mass is 185 g/mol. The lowest BCUT2D eigenvalue weighted by molar-refractivity contribution is 0.00435. The Balaban J connectivity index is 2.61. The Kier molecular flexibility index (Phi) is 2.52. The highest BCUT2D eigenvalue weighted by Crippen LogP contribution is 2.20. The highest BCUT2D eigenvalue weighted by Gasteiger charge is 2.35. The largest absolute Gasteiger partial charge is 0.388 e. The zero-order valence-corrected chi connectivity index (χ0v) is 8.81. The molecule has 0 amide bonds. The highest BCUT2D eigenvalue weighted by atomic mass is 16.3. The summed E-state index contributed by atoms with van der Waals surface area (Å²) >= 11 is 0. The van der Waals surface area contributed by atoms with Gasteiger partial charge in [0.2, 0.25) is 0 Å². The van der Waals surface area contributed by atoms with Gasteiger partial charge in [-0.25, -0.2) is 0 Å². The first-order chi connectivity index (χ1) is 5.83. The second-order valence-electron chi connectivity index (χ2n) is 4.47. The molecule has 1 heterocycles. The van der Waals surface area contributed by atoms with Crippen molar-refractivity contribution in [3.05, 3.63) is 0 Å². The van der Waals surface area contributed by atoms with Gasteiger partial charge in [0.05, 0.1) is 17.7 Å². The molecule has 0 aliphatic carbocycles. The Morgan fingerprint density at radius 2 is 2.00 bits per heavy atom. The molecule has 1 aliphatic heterocycles. The Bertz CT molecular complexity index is 215. The fraction of sp³-hybridized carbons (Fsp3) is 0.889. The summed E-state index contributed by atoms with van der Waals surface area (Å²) in [6.45, 7) is 9.17. The molecule has 4 nitrogen and oxygen atoms in total. The number of nitrogens with zero attached hydrogens (tertiary/aromatic N) is 1. The van der Waals surface area contributed by atoms with Gasteiger partial charge in [-0.1, -0.05) is 0 Å². The molecule has 1 rings (SSSR count). The summed E-state index contributed by atoms with van der Waals surface area (Å²) in [5.74, 6) is 0.784. The number of rotatable bonds is 2. The van der Waals surface area contributed by atoms with E-state index >= 15 is 0 Å². The van der Waals surface area contributed by atoms with Gasteiger partial charge in [0.1, 0.15) is 0 Å². The second-order valence-corrected chi connectivity index (χ2v) is 4.47. The normalized spacial score (nSPS) is 18.1. The van der Waals surface area contributed by atoms with Crippen LogP contribution in [0.25, 0.3) is 0 Å². The van der Waals surface area contributed by atoms with Crippen LogP contribution < -0.4 is 10.6 Å². The van der Waals surface area contributed by atoms with Crippen LogP contribution in [0.3, 0.4) is 0 Å². The van der Waals surface area contributed by atoms with Gasteiger partial charge >= 0.3 is 0 Å². The standard InChI is InChI=1S/C9H19N3O/c1-8(2,9(3,4)13)12-7-10-5-6-11-7/h13H,5-6H2,1-4H3,(H2,10,11,12). The molecular formula is C9H19N3O. The maximum atomic E-state index is 9.86. The van der Waals surface area contributed by atoms with Gasteiger partial charge in [0.25, 0.3) is 0 Å². The lowest BCUT2D eigenvalue weighted by atomic mass is 9.86. The number of nitrogens with one attached hydrogen (secondary N) is 2. The molecule has 0 aromatic rings. The summed E-state index contributed by atoms with van der Waals surface area (Å²) in [4.78, 5) is 4.22.